The van der Waals surface area contributed by atoms with Crippen LogP contribution in [0, 0.1) is 5.92 Å². The van der Waals surface area contributed by atoms with Crippen LogP contribution in [0.3, 0.4) is 0 Å². The lowest BCUT2D eigenvalue weighted by Gasteiger charge is -2.38. The maximum Gasteiger partial charge on any atom is 0.330 e. The highest BCUT2D eigenvalue weighted by Crippen LogP contribution is 2.30. The molecule has 0 N–H and O–H groups in total. The minimum absolute atomic E-state index is 0.209. The Hall–Kier alpha value is -0.445. The Labute approximate surface area is 182 Å². The molecule has 161 valence electrons. The van der Waals surface area contributed by atoms with E-state index in [0.717, 1.165) is 17.9 Å². The Kier molecular flexibility index (Phi) is 13.5. The zero-order valence-electron chi connectivity index (χ0n) is 20.0. The van der Waals surface area contributed by atoms with Crippen LogP contribution in [0.15, 0.2) is 24.3 Å². The van der Waals surface area contributed by atoms with Gasteiger partial charge in [0, 0.05) is 11.3 Å². The molecule has 0 heterocycles. The second kappa shape index (κ2) is 13.7. The van der Waals surface area contributed by atoms with Gasteiger partial charge in [-0.2, -0.15) is 12.6 Å². The molecule has 1 aromatic rings. The van der Waals surface area contributed by atoms with Crippen molar-refractivity contribution in [3.05, 3.63) is 29.8 Å². The minimum Gasteiger partial charge on any atom is -0.428 e. The van der Waals surface area contributed by atoms with E-state index in [1.165, 1.54) is 37.9 Å². The van der Waals surface area contributed by atoms with Crippen molar-refractivity contribution in [1.82, 2.24) is 4.90 Å². The van der Waals surface area contributed by atoms with Gasteiger partial charge < -0.3 is 4.65 Å². The predicted octanol–water partition coefficient (Wildman–Crippen LogP) is 6.11. The van der Waals surface area contributed by atoms with Crippen LogP contribution in [0.4, 0.5) is 0 Å². The Morgan fingerprint density at radius 3 is 2.07 bits per heavy atom. The smallest absolute Gasteiger partial charge is 0.330 e. The van der Waals surface area contributed by atoms with E-state index in [1.54, 1.807) is 0 Å². The Balaban J connectivity index is 0.00000352. The topological polar surface area (TPSA) is 12.5 Å². The average molecular weight is 407 g/mol. The van der Waals surface area contributed by atoms with Gasteiger partial charge in [-0.15, -0.1) is 0 Å². The monoisotopic (exact) mass is 406 g/mol. The highest BCUT2D eigenvalue weighted by atomic mass is 32.1. The van der Waals surface area contributed by atoms with Crippen molar-refractivity contribution >= 4 is 25.6 Å². The largest absolute Gasteiger partial charge is 0.428 e. The summed E-state index contributed by atoms with van der Waals surface area (Å²) in [5.41, 5.74) is 2.14. The SMILES string of the molecule is CC.CCCN(CCC(C)CC)Cc1ccc([B]OC(C)(C)C(C)(C)S)cc1. The molecule has 4 heteroatoms. The molecular weight excluding hydrogens is 361 g/mol. The molecule has 1 atom stereocenters. The molecule has 0 spiro atoms. The van der Waals surface area contributed by atoms with Crippen LogP contribution in [0.2, 0.25) is 0 Å². The molecule has 1 rings (SSSR count). The maximum atomic E-state index is 6.00. The van der Waals surface area contributed by atoms with Gasteiger partial charge in [-0.1, -0.05) is 70.8 Å². The van der Waals surface area contributed by atoms with E-state index in [2.05, 4.69) is 90.3 Å². The third-order valence-corrected chi connectivity index (χ3v) is 6.06. The van der Waals surface area contributed by atoms with Crippen LogP contribution in [0.5, 0.6) is 0 Å². The molecule has 0 amide bonds. The number of rotatable bonds is 12. The number of nitrogens with zero attached hydrogens (tertiary/aromatic N) is 1. The Morgan fingerprint density at radius 1 is 1.04 bits per heavy atom. The first-order valence-corrected chi connectivity index (χ1v) is 11.6. The van der Waals surface area contributed by atoms with Crippen LogP contribution in [0.25, 0.3) is 0 Å². The van der Waals surface area contributed by atoms with Crippen molar-refractivity contribution in [3.8, 4) is 0 Å². The molecule has 0 saturated heterocycles. The molecule has 0 aromatic heterocycles. The molecule has 0 aliphatic rings. The summed E-state index contributed by atoms with van der Waals surface area (Å²) in [6, 6.07) is 8.74. The number of thiol groups is 1. The average Bonchev–Trinajstić information content (AvgIpc) is 2.66. The van der Waals surface area contributed by atoms with Gasteiger partial charge in [-0.05, 0) is 65.1 Å². The van der Waals surface area contributed by atoms with Gasteiger partial charge in [0.2, 0.25) is 0 Å². The van der Waals surface area contributed by atoms with Gasteiger partial charge in [0.05, 0.1) is 5.60 Å². The molecule has 0 aliphatic heterocycles. The molecule has 0 aliphatic carbocycles. The lowest BCUT2D eigenvalue weighted by molar-refractivity contribution is 0.0854. The van der Waals surface area contributed by atoms with E-state index in [4.69, 9.17) is 4.65 Å². The van der Waals surface area contributed by atoms with Crippen LogP contribution < -0.4 is 5.46 Å². The molecule has 0 saturated carbocycles. The van der Waals surface area contributed by atoms with Crippen LogP contribution in [-0.4, -0.2) is 35.8 Å². The van der Waals surface area contributed by atoms with Gasteiger partial charge in [-0.3, -0.25) is 4.90 Å². The Bertz CT molecular complexity index is 510. The van der Waals surface area contributed by atoms with Gasteiger partial charge in [0.25, 0.3) is 0 Å². The molecule has 1 radical (unpaired) electrons. The number of hydrogen-bond acceptors (Lipinski definition) is 3. The number of hydrogen-bond donors (Lipinski definition) is 1. The third-order valence-electron chi connectivity index (χ3n) is 5.52. The van der Waals surface area contributed by atoms with Gasteiger partial charge in [-0.25, -0.2) is 0 Å². The van der Waals surface area contributed by atoms with E-state index >= 15 is 0 Å². The highest BCUT2D eigenvalue weighted by molar-refractivity contribution is 7.81. The molecular formula is C24H45BNOS. The fraction of sp³-hybridized carbons (Fsp3) is 0.750. The van der Waals surface area contributed by atoms with Crippen molar-refractivity contribution in [2.45, 2.75) is 98.5 Å². The van der Waals surface area contributed by atoms with Crippen molar-refractivity contribution in [2.24, 2.45) is 5.92 Å². The summed E-state index contributed by atoms with van der Waals surface area (Å²) in [7, 11) is 1.86. The normalized spacial score (nSPS) is 13.1. The maximum absolute atomic E-state index is 6.00. The zero-order chi connectivity index (χ0) is 21.8. The number of benzene rings is 1. The summed E-state index contributed by atoms with van der Waals surface area (Å²) in [6.07, 6.45) is 3.75. The van der Waals surface area contributed by atoms with Crippen LogP contribution in [-0.2, 0) is 11.2 Å². The van der Waals surface area contributed by atoms with Crippen molar-refractivity contribution in [2.75, 3.05) is 13.1 Å². The summed E-state index contributed by atoms with van der Waals surface area (Å²) >= 11 is 4.65. The first-order chi connectivity index (χ1) is 13.1. The minimum atomic E-state index is -0.331. The van der Waals surface area contributed by atoms with E-state index < -0.39 is 0 Å². The zero-order valence-corrected chi connectivity index (χ0v) is 20.9. The summed E-state index contributed by atoms with van der Waals surface area (Å²) in [5, 5.41) is 0. The van der Waals surface area contributed by atoms with Crippen molar-refractivity contribution in [3.63, 3.8) is 0 Å². The molecule has 1 aromatic carbocycles. The fourth-order valence-corrected chi connectivity index (χ4v) is 2.57. The second-order valence-electron chi connectivity index (χ2n) is 8.62. The molecule has 0 bridgehead atoms. The first-order valence-electron chi connectivity index (χ1n) is 11.1. The van der Waals surface area contributed by atoms with E-state index in [-0.39, 0.29) is 10.3 Å². The lowest BCUT2D eigenvalue weighted by Crippen LogP contribution is -2.45. The quantitative estimate of drug-likeness (QED) is 0.332. The molecule has 28 heavy (non-hydrogen) atoms. The Morgan fingerprint density at radius 2 is 1.61 bits per heavy atom. The standard InChI is InChI=1S/C22H39BNOS.C2H6/c1-8-15-24(16-14-18(3)9-2)17-19-10-12-20(13-11-19)23-25-21(4,5)22(6,7)26;1-2/h10-13,18,26H,8-9,14-17H2,1-7H3;1-2H3. The van der Waals surface area contributed by atoms with Gasteiger partial charge >= 0.3 is 7.48 Å². The van der Waals surface area contributed by atoms with Gasteiger partial charge in [0.1, 0.15) is 0 Å². The summed E-state index contributed by atoms with van der Waals surface area (Å²) in [4.78, 5) is 2.58. The lowest BCUT2D eigenvalue weighted by atomic mass is 9.83. The van der Waals surface area contributed by atoms with E-state index in [1.807, 2.05) is 21.3 Å². The summed E-state index contributed by atoms with van der Waals surface area (Å²) in [6.45, 7) is 22.6. The third kappa shape index (κ3) is 10.4. The molecule has 2 nitrogen and oxygen atoms in total. The fourth-order valence-electron chi connectivity index (χ4n) is 2.51. The first kappa shape index (κ1) is 27.6. The predicted molar refractivity (Wildman–Crippen MR) is 131 cm³/mol. The summed E-state index contributed by atoms with van der Waals surface area (Å²) in [5.74, 6) is 0.808. The highest BCUT2D eigenvalue weighted by Gasteiger charge is 2.34. The van der Waals surface area contributed by atoms with E-state index in [0.29, 0.717) is 0 Å². The molecule has 0 fully saturated rings. The van der Waals surface area contributed by atoms with Crippen LogP contribution >= 0.6 is 12.6 Å². The molecule has 1 unspecified atom stereocenters. The van der Waals surface area contributed by atoms with Crippen molar-refractivity contribution in [1.29, 1.82) is 0 Å². The van der Waals surface area contributed by atoms with Crippen molar-refractivity contribution < 1.29 is 4.65 Å². The van der Waals surface area contributed by atoms with Crippen LogP contribution in [0.1, 0.15) is 87.1 Å². The van der Waals surface area contributed by atoms with E-state index in [9.17, 15) is 0 Å². The second-order valence-corrected chi connectivity index (χ2v) is 9.74. The summed E-state index contributed by atoms with van der Waals surface area (Å²) < 4.78 is 5.80. The van der Waals surface area contributed by atoms with Gasteiger partial charge in [0.15, 0.2) is 0 Å².